The molecule has 6 heterocycles. The van der Waals surface area contributed by atoms with Gasteiger partial charge in [0, 0.05) is 107 Å². The van der Waals surface area contributed by atoms with E-state index in [1.807, 2.05) is 6.92 Å². The molecule has 5 aromatic rings. The van der Waals surface area contributed by atoms with Crippen molar-refractivity contribution in [2.45, 2.75) is 260 Å². The lowest BCUT2D eigenvalue weighted by molar-refractivity contribution is -0.149. The van der Waals surface area contributed by atoms with E-state index in [-0.39, 0.29) is 82.4 Å². The second kappa shape index (κ2) is 49.3. The minimum Gasteiger partial charge on any atom is -0.481 e. The van der Waals surface area contributed by atoms with Crippen molar-refractivity contribution in [3.8, 4) is 0 Å². The van der Waals surface area contributed by atoms with Crippen molar-refractivity contribution in [3.63, 3.8) is 0 Å². The predicted molar refractivity (Wildman–Crippen MR) is 483 cm³/mol. The van der Waals surface area contributed by atoms with Gasteiger partial charge in [-0.05, 0) is 105 Å². The van der Waals surface area contributed by atoms with Crippen LogP contribution in [0.25, 0.3) is 21.8 Å². The maximum atomic E-state index is 15.9. The van der Waals surface area contributed by atoms with Crippen molar-refractivity contribution >= 4 is 140 Å². The van der Waals surface area contributed by atoms with Crippen LogP contribution in [-0.2, 0) is 122 Å². The summed E-state index contributed by atoms with van der Waals surface area (Å²) in [6.07, 6.45) is -3.62. The van der Waals surface area contributed by atoms with Crippen LogP contribution in [0.1, 0.15) is 160 Å². The van der Waals surface area contributed by atoms with Crippen LogP contribution in [0.4, 0.5) is 4.39 Å². The van der Waals surface area contributed by atoms with Crippen LogP contribution in [0, 0.1) is 11.7 Å². The predicted octanol–water partition coefficient (Wildman–Crippen LogP) is -2.67. The van der Waals surface area contributed by atoms with E-state index in [0.717, 1.165) is 31.7 Å². The SMILES string of the molecule is CCCC[C@H]1C(=O)N(C)[C@@H](CCCC)C(=O)N[C@@H](CC(C)C)C(=O)N[C@H](C(N)=O)CNCC(=O)N[C@@H](Cc2ccc(F)cc2)C(=O)N2CCCC[C@H]2C(=O)N[C@@H](CC(=O)O)C(=O)N2CCC[C@H]2C(=O)N[C@@H](CCC(N)=O)C(=O)N[C@@H](CC(=O)O)C(=O)N2C[C@H](O)C[C@H]2C(=O)N[C@@H](Cc2c[nH]c3ccccc23)C(=O)N[C@@H](CC(N)=O)C(=O)N[C@@H](Cc2cn(CC(=O)O)c3ccccc23)C(=O)N1C. The van der Waals surface area contributed by atoms with Gasteiger partial charge in [0.25, 0.3) is 0 Å². The van der Waals surface area contributed by atoms with Gasteiger partial charge < -0.3 is 125 Å². The van der Waals surface area contributed by atoms with Gasteiger partial charge in [0.15, 0.2) is 0 Å². The average Bonchev–Trinajstić information content (AvgIpc) is 1.64. The fraction of sp³-hybridized carbons (Fsp3) is 0.538. The highest BCUT2D eigenvalue weighted by molar-refractivity contribution is 6.03. The van der Waals surface area contributed by atoms with Crippen molar-refractivity contribution in [1.29, 1.82) is 0 Å². The van der Waals surface area contributed by atoms with Gasteiger partial charge in [-0.1, -0.05) is 102 Å². The zero-order valence-electron chi connectivity index (χ0n) is 76.7. The summed E-state index contributed by atoms with van der Waals surface area (Å²) in [5.41, 5.74) is 19.1. The molecule has 45 heteroatoms. The number of nitrogens with zero attached hydrogens (tertiary/aromatic N) is 6. The molecule has 15 atom stereocenters. The number of para-hydroxylation sites is 2. The molecule has 3 aromatic carbocycles. The molecule has 9 rings (SSSR count). The monoisotopic (exact) mass is 1900 g/mol. The van der Waals surface area contributed by atoms with Crippen molar-refractivity contribution in [3.05, 3.63) is 108 Å². The zero-order chi connectivity index (χ0) is 99.6. The molecule has 2 aromatic heterocycles. The molecule has 44 nitrogen and oxygen atoms in total. The summed E-state index contributed by atoms with van der Waals surface area (Å²) in [4.78, 5) is 296. The highest BCUT2D eigenvalue weighted by atomic mass is 19.1. The van der Waals surface area contributed by atoms with Gasteiger partial charge in [-0.25, -0.2) is 4.39 Å². The van der Waals surface area contributed by atoms with Crippen LogP contribution in [0.2, 0.25) is 0 Å². The largest absolute Gasteiger partial charge is 0.481 e. The highest BCUT2D eigenvalue weighted by Crippen LogP contribution is 2.30. The van der Waals surface area contributed by atoms with E-state index >= 15 is 38.4 Å². The number of piperidine rings is 1. The fourth-order valence-electron chi connectivity index (χ4n) is 17.6. The Kier molecular flexibility index (Phi) is 38.3. The number of carbonyl (C=O) groups is 20. The molecule has 0 bridgehead atoms. The van der Waals surface area contributed by atoms with E-state index in [1.54, 1.807) is 69.3 Å². The zero-order valence-corrected chi connectivity index (χ0v) is 76.7. The number of likely N-dealkylation sites (N-methyl/N-ethyl adjacent to an activating group) is 2. The van der Waals surface area contributed by atoms with Gasteiger partial charge in [0.1, 0.15) is 96.9 Å². The molecule has 4 aliphatic rings. The molecule has 4 aliphatic heterocycles. The Labute approximate surface area is 782 Å². The Hall–Kier alpha value is -14.0. The third kappa shape index (κ3) is 28.8. The quantitative estimate of drug-likeness (QED) is 0.0268. The first-order valence-corrected chi connectivity index (χ1v) is 45.5. The second-order valence-electron chi connectivity index (χ2n) is 35.3. The summed E-state index contributed by atoms with van der Waals surface area (Å²) in [5.74, 6) is -24.1. The number of carbonyl (C=O) groups excluding carboxylic acids is 17. The number of carboxylic acid groups (broad SMARTS) is 3. The van der Waals surface area contributed by atoms with E-state index < -0.39 is 292 Å². The lowest BCUT2D eigenvalue weighted by Crippen LogP contribution is -2.61. The molecule has 21 N–H and O–H groups in total. The Morgan fingerprint density at radius 2 is 1.00 bits per heavy atom. The molecule has 0 aliphatic carbocycles. The van der Waals surface area contributed by atoms with E-state index in [1.165, 1.54) is 43.2 Å². The third-order valence-electron chi connectivity index (χ3n) is 24.6. The van der Waals surface area contributed by atoms with Crippen LogP contribution in [0.15, 0.2) is 85.2 Å². The number of nitrogens with one attached hydrogen (secondary N) is 11. The van der Waals surface area contributed by atoms with Crippen molar-refractivity contribution in [1.82, 2.24) is 87.2 Å². The summed E-state index contributed by atoms with van der Waals surface area (Å²) in [6.45, 7) is 4.10. The van der Waals surface area contributed by atoms with Crippen LogP contribution in [0.3, 0.4) is 0 Å². The van der Waals surface area contributed by atoms with Gasteiger partial charge in [0.2, 0.25) is 100 Å². The maximum Gasteiger partial charge on any atom is 0.323 e. The molecular weight excluding hydrogens is 1780 g/mol. The number of rotatable bonds is 26. The number of H-pyrrole nitrogens is 1. The summed E-state index contributed by atoms with van der Waals surface area (Å²) >= 11 is 0. The molecule has 738 valence electrons. The first kappa shape index (κ1) is 106. The number of primary amides is 3. The first-order valence-electron chi connectivity index (χ1n) is 45.5. The molecule has 0 spiro atoms. The number of carboxylic acids is 3. The number of aliphatic hydroxyl groups is 1. The number of unbranched alkanes of at least 4 members (excludes halogenated alkanes) is 2. The fourth-order valence-corrected chi connectivity index (χ4v) is 17.6. The molecular formula is C91H123FN20O24. The number of nitrogens with two attached hydrogens (primary N) is 3. The number of hydrogen-bond acceptors (Lipinski definition) is 22. The second-order valence-corrected chi connectivity index (χ2v) is 35.3. The van der Waals surface area contributed by atoms with Crippen LogP contribution < -0.4 is 70.4 Å². The number of aliphatic hydroxyl groups excluding tert-OH is 1. The Bertz CT molecular complexity index is 5260. The molecule has 136 heavy (non-hydrogen) atoms. The van der Waals surface area contributed by atoms with Gasteiger partial charge in [0.05, 0.1) is 31.9 Å². The molecule has 0 radical (unpaired) electrons. The van der Waals surface area contributed by atoms with Gasteiger partial charge in [-0.2, -0.15) is 0 Å². The number of amides is 17. The number of hydrogen-bond donors (Lipinski definition) is 18. The number of aromatic amines is 1. The normalized spacial score (nSPS) is 25.2. The van der Waals surface area contributed by atoms with E-state index in [9.17, 15) is 82.4 Å². The summed E-state index contributed by atoms with van der Waals surface area (Å²) < 4.78 is 15.8. The van der Waals surface area contributed by atoms with Crippen molar-refractivity contribution in [2.24, 2.45) is 23.1 Å². The maximum absolute atomic E-state index is 15.9. The topological polar surface area (TPSA) is 658 Å². The minimum atomic E-state index is -2.19. The number of fused-ring (bicyclic) bond motifs is 5. The molecule has 0 saturated carbocycles. The number of halogens is 1. The molecule has 0 unspecified atom stereocenters. The van der Waals surface area contributed by atoms with Crippen LogP contribution in [0.5, 0.6) is 0 Å². The van der Waals surface area contributed by atoms with Crippen molar-refractivity contribution < 1.29 is 121 Å². The average molecular weight is 1900 g/mol. The van der Waals surface area contributed by atoms with E-state index in [2.05, 4.69) is 58.2 Å². The summed E-state index contributed by atoms with van der Waals surface area (Å²) in [7, 11) is 2.57. The number of benzene rings is 3. The van der Waals surface area contributed by atoms with Crippen LogP contribution >= 0.6 is 0 Å². The Morgan fingerprint density at radius 1 is 0.485 bits per heavy atom. The third-order valence-corrected chi connectivity index (χ3v) is 24.6. The summed E-state index contributed by atoms with van der Waals surface area (Å²) in [6, 6.07) is -6.18. The standard InChI is InChI=1S/C91H123FN20O24/c1-7-9-21-67-83(128)101-58(34-48(3)4)80(125)106-65(78(95)123)43-96-44-74(116)98-61(35-49-26-28-52(92)29-27-49)88(133)110-32-16-15-24-68(110)85(130)105-63(40-75(117)118)89(134)111-33-17-25-69(111)84(129)99-57(30-31-72(93)114)79(124)104-64(41-76(119)120)90(135)112-46-53(113)38-71(112)86(131)102-59(36-50-42-97-56-20-13-11-18-54(50)56)81(126)100-60(39-73(94)115)82(127)103-62(87(132)108(6)70(22-10-8-2)91(136)107(67)5)37-51-45-109(47-77(121)122)66-23-14-12-19-55(51)66/h11-14,18-20,23,26-29,42,45,48,53,57-65,67-71,96-97,113H,7-10,15-17,21-22,24-25,30-41,43-44,46-47H2,1-6H3,(H2,93,114)(H2,94,115)(H2,95,123)(H,98,116)(H,99,129)(H,100,126)(H,101,128)(H,102,131)(H,103,127)(H,104,124)(H,105,130)(H,106,125)(H,117,118)(H,119,120)(H,121,122)/t53-,57+,58+,59+,60+,61+,62+,63+,64+,65+,67+,68+,69+,70+,71+/m1/s1. The van der Waals surface area contributed by atoms with Gasteiger partial charge in [-0.15, -0.1) is 0 Å². The van der Waals surface area contributed by atoms with Gasteiger partial charge in [-0.3, -0.25) is 95.9 Å². The number of aliphatic carboxylic acids is 3. The molecule has 17 amide bonds. The lowest BCUT2D eigenvalue weighted by atomic mass is 9.97. The van der Waals surface area contributed by atoms with Crippen molar-refractivity contribution in [2.75, 3.05) is 46.8 Å². The Morgan fingerprint density at radius 3 is 1.62 bits per heavy atom. The van der Waals surface area contributed by atoms with Gasteiger partial charge >= 0.3 is 17.9 Å². The summed E-state index contributed by atoms with van der Waals surface area (Å²) in [5, 5.41) is 68.5. The first-order chi connectivity index (χ1) is 64.6. The highest BCUT2D eigenvalue weighted by Gasteiger charge is 2.48. The minimum absolute atomic E-state index is 0.0302. The Balaban J connectivity index is 1.12. The van der Waals surface area contributed by atoms with Crippen LogP contribution in [-0.4, -0.2) is 310 Å². The van der Waals surface area contributed by atoms with E-state index in [4.69, 9.17) is 17.2 Å². The number of aromatic nitrogens is 2. The smallest absolute Gasteiger partial charge is 0.323 e. The van der Waals surface area contributed by atoms with E-state index in [0.29, 0.717) is 63.5 Å². The lowest BCUT2D eigenvalue weighted by Gasteiger charge is -2.38. The molecule has 4 saturated heterocycles. The molecule has 4 fully saturated rings.